The van der Waals surface area contributed by atoms with Gasteiger partial charge in [0.1, 0.15) is 16.5 Å². The van der Waals surface area contributed by atoms with Gasteiger partial charge >= 0.3 is 11.9 Å². The van der Waals surface area contributed by atoms with Gasteiger partial charge in [0.05, 0.1) is 16.1 Å². The lowest BCUT2D eigenvalue weighted by molar-refractivity contribution is -0.257. The molecule has 2 N–H and O–H groups in total. The molecule has 16 fully saturated rings. The van der Waals surface area contributed by atoms with E-state index in [1.54, 1.807) is 48.5 Å². The first-order valence-electron chi connectivity index (χ1n) is 30.1. The Bertz CT molecular complexity index is 2820. The molecule has 0 aliphatic heterocycles. The first-order chi connectivity index (χ1) is 35.6. The van der Waals surface area contributed by atoms with E-state index >= 15 is 0 Å². The number of carboxylic acids is 2. The Balaban J connectivity index is 1.04. The molecule has 16 saturated carbocycles. The normalized spacial score (nSPS) is 50.2. The van der Waals surface area contributed by atoms with Gasteiger partial charge < -0.3 is 19.7 Å². The molecule has 19 rings (SSSR count). The summed E-state index contributed by atoms with van der Waals surface area (Å²) in [6.45, 7) is 21.3. The summed E-state index contributed by atoms with van der Waals surface area (Å²) >= 11 is 17.8. The standard InChI is InChI=1S/C68H84Cl2O6/c1-57-17-39-18-58(2,29-57)34-65(25-39,33-57)55-63(7)23-41-21-61(5,31-63)37-67(55,27-41)47-49(69)48(52(76-46-15-11-44(12-16-46)54(73)74)50(70)51(47)75-45-13-9-43(10-14-45)53(71)72)68-28-42-22-62(6,38-68)32-64(8,24-42)56(68)66-26-40-19-59(3,35-66)30-60(4,20-40)36-66/h9-16,39-42,55-56H,17-38H2,1-8H3,(H,71,72)(H,73,74). The van der Waals surface area contributed by atoms with Crippen LogP contribution in [0.25, 0.3) is 0 Å². The van der Waals surface area contributed by atoms with E-state index in [4.69, 9.17) is 21.1 Å². The van der Waals surface area contributed by atoms with Crippen LogP contribution in [0.2, 0.25) is 10.0 Å². The zero-order valence-corrected chi connectivity index (χ0v) is 48.4. The number of benzene rings is 3. The van der Waals surface area contributed by atoms with Crippen LogP contribution in [-0.2, 0) is 10.8 Å². The topological polar surface area (TPSA) is 93.1 Å². The van der Waals surface area contributed by atoms with E-state index in [0.717, 1.165) is 53.7 Å². The van der Waals surface area contributed by atoms with Gasteiger partial charge in [-0.2, -0.15) is 0 Å². The molecule has 0 radical (unpaired) electrons. The number of carboxylic acid groups (broad SMARTS) is 2. The molecule has 0 heterocycles. The van der Waals surface area contributed by atoms with Crippen LogP contribution in [0.15, 0.2) is 48.5 Å². The van der Waals surface area contributed by atoms with Crippen molar-refractivity contribution in [3.8, 4) is 23.0 Å². The summed E-state index contributed by atoms with van der Waals surface area (Å²) in [6, 6.07) is 13.7. The minimum atomic E-state index is -0.979. The van der Waals surface area contributed by atoms with Crippen molar-refractivity contribution in [3.63, 3.8) is 0 Å². The van der Waals surface area contributed by atoms with Crippen molar-refractivity contribution in [1.82, 2.24) is 0 Å². The van der Waals surface area contributed by atoms with E-state index in [1.807, 2.05) is 0 Å². The summed E-state index contributed by atoms with van der Waals surface area (Å²) in [5, 5.41) is 21.5. The largest absolute Gasteiger partial charge is 0.478 e. The maximum Gasteiger partial charge on any atom is 0.335 e. The van der Waals surface area contributed by atoms with Crippen molar-refractivity contribution in [1.29, 1.82) is 0 Å². The zero-order valence-electron chi connectivity index (χ0n) is 46.9. The number of hydrogen-bond donors (Lipinski definition) is 2. The lowest BCUT2D eigenvalue weighted by Crippen LogP contribution is -2.71. The third-order valence-corrected chi connectivity index (χ3v) is 26.2. The van der Waals surface area contributed by atoms with Gasteiger partial charge in [-0.3, -0.25) is 0 Å². The van der Waals surface area contributed by atoms with Crippen LogP contribution >= 0.6 is 23.2 Å². The van der Waals surface area contributed by atoms with Crippen LogP contribution in [-0.4, -0.2) is 22.2 Å². The van der Waals surface area contributed by atoms with Crippen LogP contribution in [0.3, 0.4) is 0 Å². The highest BCUT2D eigenvalue weighted by molar-refractivity contribution is 6.37. The molecule has 3 aromatic rings. The number of hydrogen-bond acceptors (Lipinski definition) is 4. The summed E-state index contributed by atoms with van der Waals surface area (Å²) in [5.74, 6) is 3.61. The van der Waals surface area contributed by atoms with E-state index in [0.29, 0.717) is 73.4 Å². The van der Waals surface area contributed by atoms with E-state index in [-0.39, 0.29) is 54.4 Å². The molecular weight excluding hydrogens is 984 g/mol. The van der Waals surface area contributed by atoms with E-state index in [1.165, 1.54) is 116 Å². The molecule has 3 aromatic carbocycles. The Morgan fingerprint density at radius 2 is 0.724 bits per heavy atom. The highest BCUT2D eigenvalue weighted by Crippen LogP contribution is 2.86. The van der Waals surface area contributed by atoms with Crippen molar-refractivity contribution in [3.05, 3.63) is 80.8 Å². The number of ether oxygens (including phenoxy) is 2. The van der Waals surface area contributed by atoms with Gasteiger partial charge in [-0.25, -0.2) is 9.59 Å². The van der Waals surface area contributed by atoms with Gasteiger partial charge in [-0.05, 0) is 279 Å². The van der Waals surface area contributed by atoms with E-state index < -0.39 is 11.9 Å². The average Bonchev–Trinajstić information content (AvgIpc) is 3.41. The molecule has 16 bridgehead atoms. The lowest BCUT2D eigenvalue weighted by atomic mass is 9.26. The molecule has 0 saturated heterocycles. The molecule has 14 unspecified atom stereocenters. The number of rotatable bonds is 10. The fourth-order valence-corrected chi connectivity index (χ4v) is 29.7. The Hall–Kier alpha value is -3.22. The second kappa shape index (κ2) is 15.0. The van der Waals surface area contributed by atoms with Gasteiger partial charge in [-0.1, -0.05) is 78.6 Å². The molecule has 8 heteroatoms. The molecule has 16 aliphatic carbocycles. The Morgan fingerprint density at radius 3 is 1.03 bits per heavy atom. The first kappa shape index (κ1) is 49.8. The Labute approximate surface area is 462 Å². The molecular formula is C68H84Cl2O6. The van der Waals surface area contributed by atoms with Crippen LogP contribution in [0.4, 0.5) is 0 Å². The van der Waals surface area contributed by atoms with Crippen molar-refractivity contribution in [2.45, 2.75) is 207 Å². The van der Waals surface area contributed by atoms with Crippen LogP contribution in [0.5, 0.6) is 23.0 Å². The van der Waals surface area contributed by atoms with Gasteiger partial charge in [-0.15, -0.1) is 0 Å². The van der Waals surface area contributed by atoms with Crippen LogP contribution < -0.4 is 9.47 Å². The number of halogens is 2. The highest BCUT2D eigenvalue weighted by Gasteiger charge is 2.78. The van der Waals surface area contributed by atoms with Crippen molar-refractivity contribution in [2.75, 3.05) is 0 Å². The second-order valence-electron chi connectivity index (χ2n) is 33.7. The van der Waals surface area contributed by atoms with Gasteiger partial charge in [0.2, 0.25) is 0 Å². The molecule has 16 aliphatic rings. The summed E-state index contributed by atoms with van der Waals surface area (Å²) in [4.78, 5) is 24.7. The van der Waals surface area contributed by atoms with Crippen molar-refractivity contribution in [2.24, 2.45) is 89.7 Å². The Morgan fingerprint density at radius 1 is 0.408 bits per heavy atom. The molecule has 406 valence electrons. The van der Waals surface area contributed by atoms with Crippen LogP contribution in [0, 0.1) is 89.7 Å². The number of carbonyl (C=O) groups is 2. The average molecular weight is 1070 g/mol. The fraction of sp³-hybridized carbons (Fsp3) is 0.706. The molecule has 76 heavy (non-hydrogen) atoms. The summed E-state index contributed by atoms with van der Waals surface area (Å²) < 4.78 is 15.1. The molecule has 6 nitrogen and oxygen atoms in total. The minimum Gasteiger partial charge on any atom is -0.478 e. The van der Waals surface area contributed by atoms with E-state index in [9.17, 15) is 31.4 Å². The zero-order chi connectivity index (χ0) is 53.0. The first-order valence-corrected chi connectivity index (χ1v) is 30.9. The maximum atomic E-state index is 12.3. The van der Waals surface area contributed by atoms with Crippen LogP contribution in [0.1, 0.15) is 228 Å². The molecule has 14 atom stereocenters. The second-order valence-corrected chi connectivity index (χ2v) is 34.4. The summed E-state index contributed by atoms with van der Waals surface area (Å²) in [5.41, 5.74) is 3.98. The van der Waals surface area contributed by atoms with Gasteiger partial charge in [0.15, 0.2) is 11.5 Å². The van der Waals surface area contributed by atoms with E-state index in [2.05, 4.69) is 55.4 Å². The quantitative estimate of drug-likeness (QED) is 0.210. The minimum absolute atomic E-state index is 0.0955. The monoisotopic (exact) mass is 1070 g/mol. The van der Waals surface area contributed by atoms with Crippen molar-refractivity contribution >= 4 is 35.1 Å². The highest BCUT2D eigenvalue weighted by atomic mass is 35.5. The third kappa shape index (κ3) is 6.82. The number of aromatic carboxylic acids is 2. The van der Waals surface area contributed by atoms with Gasteiger partial charge in [0.25, 0.3) is 0 Å². The maximum absolute atomic E-state index is 12.3. The predicted octanol–water partition coefficient (Wildman–Crippen LogP) is 18.9. The fourth-order valence-electron chi connectivity index (χ4n) is 28.9. The summed E-state index contributed by atoms with van der Waals surface area (Å²) in [7, 11) is 0. The molecule has 0 aromatic heterocycles. The SMILES string of the molecule is CC12CC3CC(C)(C1)CC(C1C4(C)CC5CC(C)(C4)CC1(c1c(Cl)c(C46CC7CC(C)(CC(C)(C7)C4C47CC8CC(C)(CC(C)(C8)C4)C7)C6)c(Oc4ccc(C(=O)O)cc4)c(Cl)c1Oc1ccc(C(=O)O)cc1)C5)(C3)C2. The summed E-state index contributed by atoms with van der Waals surface area (Å²) in [6.07, 6.45) is 27.5. The smallest absolute Gasteiger partial charge is 0.335 e. The third-order valence-electron chi connectivity index (χ3n) is 25.5. The van der Waals surface area contributed by atoms with Gasteiger partial charge in [0, 0.05) is 22.0 Å². The van der Waals surface area contributed by atoms with Crippen molar-refractivity contribution < 1.29 is 29.3 Å². The predicted molar refractivity (Wildman–Crippen MR) is 299 cm³/mol. The molecule has 0 spiro atoms. The Kier molecular flexibility index (Phi) is 9.83. The lowest BCUT2D eigenvalue weighted by Gasteiger charge is -2.78. The molecule has 0 amide bonds.